The summed E-state index contributed by atoms with van der Waals surface area (Å²) in [5.74, 6) is 0.648. The van der Waals surface area contributed by atoms with Gasteiger partial charge in [0.2, 0.25) is 0 Å². The smallest absolute Gasteiger partial charge is 0.166 e. The summed E-state index contributed by atoms with van der Waals surface area (Å²) < 4.78 is 0. The van der Waals surface area contributed by atoms with Crippen LogP contribution in [0, 0.1) is 11.3 Å². The Morgan fingerprint density at radius 2 is 2.00 bits per heavy atom. The molecule has 1 rings (SSSR count). The van der Waals surface area contributed by atoms with Crippen LogP contribution in [0.15, 0.2) is 0 Å². The Morgan fingerprint density at radius 3 is 2.47 bits per heavy atom. The molecule has 1 aliphatic carbocycles. The maximum Gasteiger partial charge on any atom is 0.166 e. The van der Waals surface area contributed by atoms with Crippen LogP contribution in [0.1, 0.15) is 46.5 Å². The van der Waals surface area contributed by atoms with Crippen molar-refractivity contribution < 1.29 is 0 Å². The SMILES string of the molecule is CCCC1(CNC(=S)NCC(C)C)CC1. The fraction of sp³-hybridized carbons (Fsp3) is 0.917. The lowest BCUT2D eigenvalue weighted by molar-refractivity contribution is 0.450. The second kappa shape index (κ2) is 5.69. The van der Waals surface area contributed by atoms with Crippen molar-refractivity contribution in [2.45, 2.75) is 46.5 Å². The van der Waals surface area contributed by atoms with Crippen LogP contribution >= 0.6 is 12.2 Å². The summed E-state index contributed by atoms with van der Waals surface area (Å²) in [5, 5.41) is 7.42. The lowest BCUT2D eigenvalue weighted by atomic mass is 10.0. The van der Waals surface area contributed by atoms with Crippen LogP contribution in [0.2, 0.25) is 0 Å². The average molecular weight is 228 g/mol. The van der Waals surface area contributed by atoms with Crippen molar-refractivity contribution in [2.75, 3.05) is 13.1 Å². The van der Waals surface area contributed by atoms with E-state index in [1.165, 1.54) is 25.7 Å². The van der Waals surface area contributed by atoms with Gasteiger partial charge in [0.05, 0.1) is 0 Å². The van der Waals surface area contributed by atoms with Crippen molar-refractivity contribution >= 4 is 17.3 Å². The third kappa shape index (κ3) is 4.83. The van der Waals surface area contributed by atoms with E-state index in [1.54, 1.807) is 0 Å². The highest BCUT2D eigenvalue weighted by molar-refractivity contribution is 7.80. The van der Waals surface area contributed by atoms with E-state index < -0.39 is 0 Å². The summed E-state index contributed by atoms with van der Waals surface area (Å²) in [7, 11) is 0. The fourth-order valence-corrected chi connectivity index (χ4v) is 2.00. The molecule has 1 fully saturated rings. The summed E-state index contributed by atoms with van der Waals surface area (Å²) in [4.78, 5) is 0. The molecule has 0 aliphatic heterocycles. The van der Waals surface area contributed by atoms with Gasteiger partial charge in [-0.2, -0.15) is 0 Å². The Labute approximate surface area is 99.2 Å². The first kappa shape index (κ1) is 12.8. The molecule has 88 valence electrons. The largest absolute Gasteiger partial charge is 0.362 e. The van der Waals surface area contributed by atoms with Gasteiger partial charge in [-0.1, -0.05) is 27.2 Å². The minimum Gasteiger partial charge on any atom is -0.362 e. The molecule has 1 saturated carbocycles. The van der Waals surface area contributed by atoms with Crippen molar-refractivity contribution in [3.05, 3.63) is 0 Å². The van der Waals surface area contributed by atoms with Gasteiger partial charge in [0.25, 0.3) is 0 Å². The molecule has 0 aromatic rings. The Bertz CT molecular complexity index is 210. The summed E-state index contributed by atoms with van der Waals surface area (Å²) in [6.45, 7) is 8.66. The second-order valence-electron chi connectivity index (χ2n) is 5.21. The van der Waals surface area contributed by atoms with Crippen molar-refractivity contribution in [3.63, 3.8) is 0 Å². The number of thiocarbonyl (C=S) groups is 1. The van der Waals surface area contributed by atoms with Crippen molar-refractivity contribution in [1.29, 1.82) is 0 Å². The molecule has 1 aliphatic rings. The van der Waals surface area contributed by atoms with Gasteiger partial charge in [0, 0.05) is 13.1 Å². The predicted molar refractivity (Wildman–Crippen MR) is 70.0 cm³/mol. The molecule has 0 heterocycles. The molecule has 0 spiro atoms. The van der Waals surface area contributed by atoms with Crippen LogP contribution in [0.3, 0.4) is 0 Å². The summed E-state index contributed by atoms with van der Waals surface area (Å²) >= 11 is 5.23. The summed E-state index contributed by atoms with van der Waals surface area (Å²) in [6.07, 6.45) is 5.38. The van der Waals surface area contributed by atoms with Crippen molar-refractivity contribution in [3.8, 4) is 0 Å². The van der Waals surface area contributed by atoms with Crippen LogP contribution in [-0.4, -0.2) is 18.2 Å². The zero-order valence-electron chi connectivity index (χ0n) is 10.2. The van der Waals surface area contributed by atoms with Gasteiger partial charge in [0.15, 0.2) is 5.11 Å². The molecule has 0 saturated heterocycles. The molecule has 0 radical (unpaired) electrons. The summed E-state index contributed by atoms with van der Waals surface area (Å²) in [5.41, 5.74) is 0.582. The Morgan fingerprint density at radius 1 is 1.33 bits per heavy atom. The number of rotatable bonds is 6. The molecule has 0 unspecified atom stereocenters. The lowest BCUT2D eigenvalue weighted by Gasteiger charge is -2.17. The second-order valence-corrected chi connectivity index (χ2v) is 5.62. The van der Waals surface area contributed by atoms with Crippen molar-refractivity contribution in [1.82, 2.24) is 10.6 Å². The maximum absolute atomic E-state index is 5.23. The topological polar surface area (TPSA) is 24.1 Å². The molecule has 0 bridgehead atoms. The standard InChI is InChI=1S/C12H24N2S/c1-4-5-12(6-7-12)9-14-11(15)13-8-10(2)3/h10H,4-9H2,1-3H3,(H2,13,14,15). The van der Waals surface area contributed by atoms with Crippen LogP contribution in [0.5, 0.6) is 0 Å². The van der Waals surface area contributed by atoms with Gasteiger partial charge >= 0.3 is 0 Å². The van der Waals surface area contributed by atoms with Gasteiger partial charge in [0.1, 0.15) is 0 Å². The highest BCUT2D eigenvalue weighted by Crippen LogP contribution is 2.48. The molecule has 0 aromatic heterocycles. The van der Waals surface area contributed by atoms with Crippen LogP contribution in [0.25, 0.3) is 0 Å². The molecule has 0 amide bonds. The minimum absolute atomic E-state index is 0.582. The van der Waals surface area contributed by atoms with E-state index in [-0.39, 0.29) is 0 Å². The lowest BCUT2D eigenvalue weighted by Crippen LogP contribution is -2.40. The van der Waals surface area contributed by atoms with Gasteiger partial charge in [-0.15, -0.1) is 0 Å². The molecular formula is C12H24N2S. The van der Waals surface area contributed by atoms with Crippen LogP contribution in [-0.2, 0) is 0 Å². The molecular weight excluding hydrogens is 204 g/mol. The third-order valence-electron chi connectivity index (χ3n) is 3.03. The van der Waals surface area contributed by atoms with Gasteiger partial charge in [-0.05, 0) is 42.8 Å². The number of hydrogen-bond donors (Lipinski definition) is 2. The molecule has 2 nitrogen and oxygen atoms in total. The minimum atomic E-state index is 0.582. The fourth-order valence-electron chi connectivity index (χ4n) is 1.85. The van der Waals surface area contributed by atoms with Crippen LogP contribution in [0.4, 0.5) is 0 Å². The molecule has 0 atom stereocenters. The number of hydrogen-bond acceptors (Lipinski definition) is 1. The highest BCUT2D eigenvalue weighted by Gasteiger charge is 2.41. The molecule has 3 heteroatoms. The molecule has 2 N–H and O–H groups in total. The first-order valence-electron chi connectivity index (χ1n) is 6.10. The normalized spacial score (nSPS) is 17.6. The van der Waals surface area contributed by atoms with E-state index in [1.807, 2.05) is 0 Å². The molecule has 0 aromatic carbocycles. The third-order valence-corrected chi connectivity index (χ3v) is 3.32. The Balaban J connectivity index is 2.11. The van der Waals surface area contributed by atoms with E-state index in [2.05, 4.69) is 31.4 Å². The summed E-state index contributed by atoms with van der Waals surface area (Å²) in [6, 6.07) is 0. The van der Waals surface area contributed by atoms with E-state index in [4.69, 9.17) is 12.2 Å². The van der Waals surface area contributed by atoms with E-state index in [9.17, 15) is 0 Å². The zero-order chi connectivity index (χ0) is 11.3. The van der Waals surface area contributed by atoms with E-state index in [0.29, 0.717) is 11.3 Å². The first-order valence-corrected chi connectivity index (χ1v) is 6.50. The quantitative estimate of drug-likeness (QED) is 0.684. The van der Waals surface area contributed by atoms with Gasteiger partial charge < -0.3 is 10.6 Å². The number of nitrogens with one attached hydrogen (secondary N) is 2. The van der Waals surface area contributed by atoms with Gasteiger partial charge in [-0.3, -0.25) is 0 Å². The van der Waals surface area contributed by atoms with Crippen LogP contribution < -0.4 is 10.6 Å². The van der Waals surface area contributed by atoms with E-state index >= 15 is 0 Å². The predicted octanol–water partition coefficient (Wildman–Crippen LogP) is 2.69. The molecule has 15 heavy (non-hydrogen) atoms. The monoisotopic (exact) mass is 228 g/mol. The zero-order valence-corrected chi connectivity index (χ0v) is 11.0. The maximum atomic E-state index is 5.23. The highest BCUT2D eigenvalue weighted by atomic mass is 32.1. The van der Waals surface area contributed by atoms with E-state index in [0.717, 1.165) is 18.2 Å². The Hall–Kier alpha value is -0.310. The first-order chi connectivity index (χ1) is 7.08. The van der Waals surface area contributed by atoms with Gasteiger partial charge in [-0.25, -0.2) is 0 Å². The average Bonchev–Trinajstić information content (AvgIpc) is 2.93. The Kier molecular flexibility index (Phi) is 4.84. The van der Waals surface area contributed by atoms with Crippen molar-refractivity contribution in [2.24, 2.45) is 11.3 Å².